The maximum atomic E-state index is 13.8. The van der Waals surface area contributed by atoms with Gasteiger partial charge in [-0.25, -0.2) is 4.99 Å². The molecular formula is C32H25Cl3N2O5S2. The molecule has 0 aliphatic carbocycles. The van der Waals surface area contributed by atoms with Crippen LogP contribution in [0.5, 0.6) is 11.5 Å². The lowest BCUT2D eigenvalue weighted by molar-refractivity contribution is -0.113. The summed E-state index contributed by atoms with van der Waals surface area (Å²) < 4.78 is 36.9. The molecule has 1 fully saturated rings. The van der Waals surface area contributed by atoms with E-state index in [4.69, 9.17) is 48.7 Å². The van der Waals surface area contributed by atoms with E-state index in [9.17, 15) is 13.2 Å². The van der Waals surface area contributed by atoms with Crippen molar-refractivity contribution in [1.82, 2.24) is 0 Å². The number of amidine groups is 1. The zero-order valence-electron chi connectivity index (χ0n) is 23.7. The first-order valence-corrected chi connectivity index (χ1v) is 16.6. The number of ether oxygens (including phenoxy) is 1. The zero-order chi connectivity index (χ0) is 31.6. The highest BCUT2D eigenvalue weighted by atomic mass is 35.5. The fraction of sp³-hybridized carbons (Fsp3) is 0.125. The molecule has 0 saturated carbocycles. The van der Waals surface area contributed by atoms with Crippen LogP contribution in [0.25, 0.3) is 6.08 Å². The summed E-state index contributed by atoms with van der Waals surface area (Å²) >= 11 is 19.8. The van der Waals surface area contributed by atoms with Crippen molar-refractivity contribution in [2.45, 2.75) is 25.7 Å². The van der Waals surface area contributed by atoms with Crippen LogP contribution in [-0.2, 0) is 14.9 Å². The Morgan fingerprint density at radius 2 is 1.55 bits per heavy atom. The van der Waals surface area contributed by atoms with Crippen molar-refractivity contribution in [2.75, 3.05) is 11.5 Å². The molecule has 0 bridgehead atoms. The van der Waals surface area contributed by atoms with Crippen molar-refractivity contribution in [3.05, 3.63) is 116 Å². The lowest BCUT2D eigenvalue weighted by Gasteiger charge is -2.16. The fourth-order valence-corrected chi connectivity index (χ4v) is 6.55. The molecule has 1 aliphatic rings. The highest BCUT2D eigenvalue weighted by Gasteiger charge is 2.35. The Balaban J connectivity index is 1.51. The van der Waals surface area contributed by atoms with Crippen LogP contribution in [0.15, 0.2) is 93.7 Å². The Morgan fingerprint density at radius 3 is 2.20 bits per heavy atom. The second-order valence-corrected chi connectivity index (χ2v) is 13.4. The van der Waals surface area contributed by atoms with E-state index in [0.29, 0.717) is 42.1 Å². The van der Waals surface area contributed by atoms with Gasteiger partial charge in [0.15, 0.2) is 16.7 Å². The van der Waals surface area contributed by atoms with E-state index in [-0.39, 0.29) is 28.9 Å². The molecule has 0 aromatic heterocycles. The summed E-state index contributed by atoms with van der Waals surface area (Å²) in [6.45, 7) is 5.80. The Bertz CT molecular complexity index is 1930. The van der Waals surface area contributed by atoms with Gasteiger partial charge in [0.25, 0.3) is 5.91 Å². The molecule has 44 heavy (non-hydrogen) atoms. The van der Waals surface area contributed by atoms with E-state index < -0.39 is 10.1 Å². The Labute approximate surface area is 275 Å². The van der Waals surface area contributed by atoms with Crippen molar-refractivity contribution < 1.29 is 22.1 Å². The quantitative estimate of drug-likeness (QED) is 0.136. The summed E-state index contributed by atoms with van der Waals surface area (Å²) in [4.78, 5) is 20.4. The molecular weight excluding hydrogens is 663 g/mol. The van der Waals surface area contributed by atoms with Crippen molar-refractivity contribution >= 4 is 85.2 Å². The number of hydrogen-bond donors (Lipinski definition) is 0. The van der Waals surface area contributed by atoms with Crippen LogP contribution in [0.2, 0.25) is 15.1 Å². The Morgan fingerprint density at radius 1 is 0.864 bits per heavy atom. The van der Waals surface area contributed by atoms with Crippen LogP contribution in [0.1, 0.15) is 23.6 Å². The number of aryl methyl sites for hydroxylation is 2. The smallest absolute Gasteiger partial charge is 0.339 e. The van der Waals surface area contributed by atoms with Gasteiger partial charge in [-0.15, -0.1) is 0 Å². The molecule has 1 amide bonds. The monoisotopic (exact) mass is 686 g/mol. The highest BCUT2D eigenvalue weighted by molar-refractivity contribution is 8.19. The predicted octanol–water partition coefficient (Wildman–Crippen LogP) is 9.24. The lowest BCUT2D eigenvalue weighted by atomic mass is 10.1. The number of halogens is 3. The third kappa shape index (κ3) is 7.08. The summed E-state index contributed by atoms with van der Waals surface area (Å²) in [7, 11) is -4.16. The van der Waals surface area contributed by atoms with Gasteiger partial charge in [-0.2, -0.15) is 8.42 Å². The molecule has 0 spiro atoms. The molecule has 0 unspecified atom stereocenters. The maximum Gasteiger partial charge on any atom is 0.339 e. The number of rotatable bonds is 8. The molecule has 226 valence electrons. The number of aliphatic imine (C=N–C) groups is 1. The third-order valence-electron chi connectivity index (χ3n) is 6.47. The maximum absolute atomic E-state index is 13.8. The van der Waals surface area contributed by atoms with Crippen LogP contribution in [0.4, 0.5) is 11.4 Å². The number of hydrogen-bond acceptors (Lipinski definition) is 7. The van der Waals surface area contributed by atoms with Crippen LogP contribution >= 0.6 is 46.6 Å². The van der Waals surface area contributed by atoms with Crippen LogP contribution in [-0.4, -0.2) is 26.1 Å². The predicted molar refractivity (Wildman–Crippen MR) is 179 cm³/mol. The highest BCUT2D eigenvalue weighted by Crippen LogP contribution is 2.40. The van der Waals surface area contributed by atoms with Gasteiger partial charge in [0.1, 0.15) is 4.90 Å². The van der Waals surface area contributed by atoms with Crippen LogP contribution in [0.3, 0.4) is 0 Å². The van der Waals surface area contributed by atoms with Gasteiger partial charge in [0, 0.05) is 15.1 Å². The summed E-state index contributed by atoms with van der Waals surface area (Å²) in [5.74, 6) is -0.112. The van der Waals surface area contributed by atoms with Gasteiger partial charge in [0.05, 0.1) is 22.9 Å². The van der Waals surface area contributed by atoms with Gasteiger partial charge in [-0.1, -0.05) is 53.0 Å². The van der Waals surface area contributed by atoms with Gasteiger partial charge < -0.3 is 8.92 Å². The molecule has 4 aromatic rings. The van der Waals surface area contributed by atoms with Crippen molar-refractivity contribution in [3.8, 4) is 11.5 Å². The number of amides is 1. The van der Waals surface area contributed by atoms with Crippen LogP contribution in [0, 0.1) is 13.8 Å². The number of nitrogens with zero attached hydrogens (tertiary/aromatic N) is 2. The molecule has 4 aromatic carbocycles. The van der Waals surface area contributed by atoms with Gasteiger partial charge in [-0.3, -0.25) is 9.69 Å². The zero-order valence-corrected chi connectivity index (χ0v) is 27.6. The van der Waals surface area contributed by atoms with Crippen molar-refractivity contribution in [1.29, 1.82) is 0 Å². The van der Waals surface area contributed by atoms with E-state index in [1.165, 1.54) is 47.0 Å². The lowest BCUT2D eigenvalue weighted by Crippen LogP contribution is -2.28. The van der Waals surface area contributed by atoms with E-state index >= 15 is 0 Å². The number of carbonyl (C=O) groups excluding carboxylic acids is 1. The topological polar surface area (TPSA) is 85.3 Å². The molecule has 1 heterocycles. The SMILES string of the molecule is CCOc1cc(/C=C2/SC(=Nc3ccc(C)c(Cl)c3)N(c3ccc(C)c(Cl)c3)C2=O)ccc1OS(=O)(=O)c1ccc(Cl)cc1. The molecule has 1 aliphatic heterocycles. The summed E-state index contributed by atoms with van der Waals surface area (Å²) in [6, 6.07) is 21.2. The van der Waals surface area contributed by atoms with Gasteiger partial charge in [-0.05, 0) is 116 Å². The van der Waals surface area contributed by atoms with E-state index in [1.807, 2.05) is 32.0 Å². The number of thioether (sulfide) groups is 1. The second-order valence-electron chi connectivity index (χ2n) is 9.64. The van der Waals surface area contributed by atoms with Crippen molar-refractivity contribution in [2.24, 2.45) is 4.99 Å². The average Bonchev–Trinajstić information content (AvgIpc) is 3.27. The van der Waals surface area contributed by atoms with Gasteiger partial charge in [0.2, 0.25) is 0 Å². The fourth-order valence-electron chi connectivity index (χ4n) is 4.13. The molecule has 5 rings (SSSR count). The summed E-state index contributed by atoms with van der Waals surface area (Å²) in [5, 5.41) is 1.89. The number of benzene rings is 4. The molecule has 12 heteroatoms. The first kappa shape index (κ1) is 31.9. The first-order valence-electron chi connectivity index (χ1n) is 13.3. The standard InChI is InChI=1S/C32H25Cl3N2O5S2/c1-4-41-29-15-21(7-14-28(29)42-44(39,40)25-12-8-22(33)9-13-25)16-30-31(38)37(24-11-6-20(3)27(35)18-24)32(43-30)36-23-10-5-19(2)26(34)17-23/h5-18H,4H2,1-3H3/b30-16+,36-32?. The summed E-state index contributed by atoms with van der Waals surface area (Å²) in [6.07, 6.45) is 1.68. The largest absolute Gasteiger partial charge is 0.490 e. The molecule has 0 radical (unpaired) electrons. The van der Waals surface area contributed by atoms with Crippen LogP contribution < -0.4 is 13.8 Å². The minimum Gasteiger partial charge on any atom is -0.490 e. The Hall–Kier alpha value is -3.47. The molecule has 1 saturated heterocycles. The van der Waals surface area contributed by atoms with E-state index in [0.717, 1.165) is 11.1 Å². The minimum atomic E-state index is -4.16. The van der Waals surface area contributed by atoms with E-state index in [2.05, 4.69) is 0 Å². The van der Waals surface area contributed by atoms with Crippen molar-refractivity contribution in [3.63, 3.8) is 0 Å². The second kappa shape index (κ2) is 13.3. The first-order chi connectivity index (χ1) is 20.9. The van der Waals surface area contributed by atoms with E-state index in [1.54, 1.807) is 43.3 Å². The molecule has 0 atom stereocenters. The van der Waals surface area contributed by atoms with Gasteiger partial charge >= 0.3 is 10.1 Å². The normalized spacial score (nSPS) is 15.3. The average molecular weight is 688 g/mol. The third-order valence-corrected chi connectivity index (χ3v) is 9.75. The number of carbonyl (C=O) groups is 1. The molecule has 0 N–H and O–H groups in total. The minimum absolute atomic E-state index is 0.00350. The number of anilines is 1. The Kier molecular flexibility index (Phi) is 9.62. The molecule has 7 nitrogen and oxygen atoms in total. The summed E-state index contributed by atoms with van der Waals surface area (Å²) in [5.41, 5.74) is 3.51.